The molecule has 1 aromatic rings. The monoisotopic (exact) mass is 525 g/mol. The molecule has 2 aliphatic rings. The van der Waals surface area contributed by atoms with Gasteiger partial charge in [-0.05, 0) is 27.2 Å². The van der Waals surface area contributed by atoms with E-state index in [2.05, 4.69) is 28.7 Å². The second-order valence-corrected chi connectivity index (χ2v) is 11.1. The summed E-state index contributed by atoms with van der Waals surface area (Å²) >= 11 is 7.62. The van der Waals surface area contributed by atoms with Crippen LogP contribution >= 0.6 is 23.4 Å². The molecule has 196 valence electrons. The van der Waals surface area contributed by atoms with Crippen LogP contribution in [-0.2, 0) is 14.3 Å². The van der Waals surface area contributed by atoms with Crippen LogP contribution in [0, 0.1) is 0 Å². The SMILES string of the molecule is CCCCCCCC(=O)N1CCN(c2cc(Cl)nc(SCC(=O)N3CC(C)OC(C)C3)n2)CC1C. The number of carbonyl (C=O) groups is 2. The molecule has 0 N–H and O–H groups in total. The molecule has 0 bridgehead atoms. The van der Waals surface area contributed by atoms with Crippen LogP contribution in [0.1, 0.15) is 66.2 Å². The van der Waals surface area contributed by atoms with Gasteiger partial charge in [0.05, 0.1) is 18.0 Å². The Morgan fingerprint density at radius 1 is 1.03 bits per heavy atom. The summed E-state index contributed by atoms with van der Waals surface area (Å²) in [6, 6.07) is 1.86. The molecule has 3 atom stereocenters. The van der Waals surface area contributed by atoms with E-state index in [9.17, 15) is 9.59 Å². The van der Waals surface area contributed by atoms with Crippen LogP contribution < -0.4 is 4.90 Å². The van der Waals surface area contributed by atoms with Crippen LogP contribution in [0.25, 0.3) is 0 Å². The predicted molar refractivity (Wildman–Crippen MR) is 141 cm³/mol. The highest BCUT2D eigenvalue weighted by Gasteiger charge is 2.29. The highest BCUT2D eigenvalue weighted by molar-refractivity contribution is 7.99. The molecule has 3 heterocycles. The van der Waals surface area contributed by atoms with Gasteiger partial charge in [-0.25, -0.2) is 9.97 Å². The number of ether oxygens (including phenoxy) is 1. The van der Waals surface area contributed by atoms with Gasteiger partial charge in [-0.3, -0.25) is 9.59 Å². The van der Waals surface area contributed by atoms with Gasteiger partial charge in [0, 0.05) is 51.3 Å². The summed E-state index contributed by atoms with van der Waals surface area (Å²) in [6.45, 7) is 11.5. The average molecular weight is 526 g/mol. The zero-order valence-corrected chi connectivity index (χ0v) is 23.1. The van der Waals surface area contributed by atoms with Crippen molar-refractivity contribution < 1.29 is 14.3 Å². The van der Waals surface area contributed by atoms with E-state index in [1.807, 2.05) is 23.6 Å². The van der Waals surface area contributed by atoms with Crippen molar-refractivity contribution in [3.05, 3.63) is 11.2 Å². The first-order valence-electron chi connectivity index (χ1n) is 12.9. The van der Waals surface area contributed by atoms with E-state index in [1.54, 1.807) is 6.07 Å². The van der Waals surface area contributed by atoms with Crippen molar-refractivity contribution in [2.45, 2.75) is 89.6 Å². The fourth-order valence-electron chi connectivity index (χ4n) is 4.77. The molecular formula is C25H40ClN5O3S. The standard InChI is InChI=1S/C25H40ClN5O3S/c1-5-6-7-8-9-10-23(32)31-12-11-29(14-18(31)2)22-13-21(26)27-25(28-22)35-17-24(33)30-15-19(3)34-20(4)16-30/h13,18-20H,5-12,14-17H2,1-4H3. The number of rotatable bonds is 10. The van der Waals surface area contributed by atoms with Crippen molar-refractivity contribution >= 4 is 41.0 Å². The highest BCUT2D eigenvalue weighted by atomic mass is 35.5. The lowest BCUT2D eigenvalue weighted by atomic mass is 10.1. The number of unbranched alkanes of at least 4 members (excludes halogenated alkanes) is 4. The van der Waals surface area contributed by atoms with Gasteiger partial charge in [0.2, 0.25) is 11.8 Å². The lowest BCUT2D eigenvalue weighted by molar-refractivity contribution is -0.140. The number of thioether (sulfide) groups is 1. The van der Waals surface area contributed by atoms with Crippen LogP contribution in [0.4, 0.5) is 5.82 Å². The number of hydrogen-bond donors (Lipinski definition) is 0. The van der Waals surface area contributed by atoms with E-state index in [4.69, 9.17) is 16.3 Å². The zero-order chi connectivity index (χ0) is 25.4. The third-order valence-corrected chi connectivity index (χ3v) is 7.55. The second kappa shape index (κ2) is 13.7. The Balaban J connectivity index is 1.52. The third kappa shape index (κ3) is 8.50. The van der Waals surface area contributed by atoms with Gasteiger partial charge in [0.25, 0.3) is 0 Å². The Bertz CT molecular complexity index is 850. The van der Waals surface area contributed by atoms with Crippen molar-refractivity contribution in [2.75, 3.05) is 43.4 Å². The summed E-state index contributed by atoms with van der Waals surface area (Å²) in [5.41, 5.74) is 0. The lowest BCUT2D eigenvalue weighted by Gasteiger charge is -2.40. The van der Waals surface area contributed by atoms with Crippen molar-refractivity contribution in [1.82, 2.24) is 19.8 Å². The molecule has 8 nitrogen and oxygen atoms in total. The maximum absolute atomic E-state index is 12.7. The number of nitrogens with zero attached hydrogens (tertiary/aromatic N) is 5. The van der Waals surface area contributed by atoms with Gasteiger partial charge in [-0.1, -0.05) is 56.0 Å². The molecule has 0 spiro atoms. The Labute approximate surface area is 219 Å². The molecule has 3 rings (SSSR count). The fraction of sp³-hybridized carbons (Fsp3) is 0.760. The summed E-state index contributed by atoms with van der Waals surface area (Å²) in [5, 5.41) is 0.852. The Morgan fingerprint density at radius 3 is 2.43 bits per heavy atom. The molecule has 1 aromatic heterocycles. The third-order valence-electron chi connectivity index (χ3n) is 6.52. The van der Waals surface area contributed by atoms with Crippen molar-refractivity contribution in [2.24, 2.45) is 0 Å². The van der Waals surface area contributed by atoms with Crippen LogP contribution in [0.2, 0.25) is 5.15 Å². The van der Waals surface area contributed by atoms with E-state index < -0.39 is 0 Å². The van der Waals surface area contributed by atoms with Crippen LogP contribution in [0.5, 0.6) is 0 Å². The van der Waals surface area contributed by atoms with Gasteiger partial charge in [-0.2, -0.15) is 0 Å². The molecule has 2 fully saturated rings. The van der Waals surface area contributed by atoms with E-state index >= 15 is 0 Å². The smallest absolute Gasteiger partial charge is 0.233 e. The first kappa shape index (κ1) is 28.0. The van der Waals surface area contributed by atoms with Crippen LogP contribution in [0.3, 0.4) is 0 Å². The van der Waals surface area contributed by atoms with Crippen LogP contribution in [0.15, 0.2) is 11.2 Å². The molecule has 0 radical (unpaired) electrons. The van der Waals surface area contributed by atoms with Crippen molar-refractivity contribution in [3.63, 3.8) is 0 Å². The number of halogens is 1. The zero-order valence-electron chi connectivity index (χ0n) is 21.5. The summed E-state index contributed by atoms with van der Waals surface area (Å²) in [7, 11) is 0. The average Bonchev–Trinajstić information content (AvgIpc) is 2.81. The summed E-state index contributed by atoms with van der Waals surface area (Å²) in [6.07, 6.45) is 6.45. The minimum absolute atomic E-state index is 0.0373. The summed E-state index contributed by atoms with van der Waals surface area (Å²) in [5.74, 6) is 1.30. The minimum atomic E-state index is 0.0373. The largest absolute Gasteiger partial charge is 0.372 e. The van der Waals surface area contributed by atoms with Gasteiger partial charge in [0.1, 0.15) is 11.0 Å². The van der Waals surface area contributed by atoms with Gasteiger partial charge < -0.3 is 19.4 Å². The lowest BCUT2D eigenvalue weighted by Crippen LogP contribution is -2.54. The van der Waals surface area contributed by atoms with Crippen LogP contribution in [-0.4, -0.2) is 88.3 Å². The highest BCUT2D eigenvalue weighted by Crippen LogP contribution is 2.25. The van der Waals surface area contributed by atoms with E-state index in [0.717, 1.165) is 18.7 Å². The maximum Gasteiger partial charge on any atom is 0.233 e. The molecule has 2 saturated heterocycles. The normalized spacial score (nSPS) is 23.0. The Morgan fingerprint density at radius 2 is 1.74 bits per heavy atom. The molecule has 0 aliphatic carbocycles. The number of morpholine rings is 1. The number of anilines is 1. The number of hydrogen-bond acceptors (Lipinski definition) is 7. The van der Waals surface area contributed by atoms with Crippen molar-refractivity contribution in [3.8, 4) is 0 Å². The van der Waals surface area contributed by atoms with Gasteiger partial charge in [-0.15, -0.1) is 0 Å². The summed E-state index contributed by atoms with van der Waals surface area (Å²) < 4.78 is 5.72. The molecule has 35 heavy (non-hydrogen) atoms. The molecule has 2 aliphatic heterocycles. The molecule has 0 saturated carbocycles. The summed E-state index contributed by atoms with van der Waals surface area (Å²) in [4.78, 5) is 40.4. The number of piperazine rings is 1. The molecular weight excluding hydrogens is 486 g/mol. The van der Waals surface area contributed by atoms with Gasteiger partial charge >= 0.3 is 0 Å². The van der Waals surface area contributed by atoms with E-state index in [-0.39, 0.29) is 35.8 Å². The fourth-order valence-corrected chi connectivity index (χ4v) is 5.75. The number of amides is 2. The molecule has 10 heteroatoms. The molecule has 2 amide bonds. The molecule has 0 aromatic carbocycles. The van der Waals surface area contributed by atoms with E-state index in [1.165, 1.54) is 31.0 Å². The second-order valence-electron chi connectivity index (χ2n) is 9.72. The topological polar surface area (TPSA) is 78.9 Å². The quantitative estimate of drug-likeness (QED) is 0.195. The van der Waals surface area contributed by atoms with Crippen molar-refractivity contribution in [1.29, 1.82) is 0 Å². The predicted octanol–water partition coefficient (Wildman–Crippen LogP) is 4.26. The maximum atomic E-state index is 12.7. The Kier molecular flexibility index (Phi) is 10.9. The Hall–Kier alpha value is -1.58. The first-order valence-corrected chi connectivity index (χ1v) is 14.3. The minimum Gasteiger partial charge on any atom is -0.372 e. The number of carbonyl (C=O) groups excluding carboxylic acids is 2. The molecule has 3 unspecified atom stereocenters. The first-order chi connectivity index (χ1) is 16.8. The van der Waals surface area contributed by atoms with E-state index in [0.29, 0.717) is 49.5 Å². The van der Waals surface area contributed by atoms with Gasteiger partial charge in [0.15, 0.2) is 5.16 Å². The number of aromatic nitrogens is 2.